The van der Waals surface area contributed by atoms with Crippen molar-refractivity contribution in [3.05, 3.63) is 86.5 Å². The zero-order valence-electron chi connectivity index (χ0n) is 16.2. The summed E-state index contributed by atoms with van der Waals surface area (Å²) in [6, 6.07) is 17.2. The lowest BCUT2D eigenvalue weighted by Gasteiger charge is -2.23. The van der Waals surface area contributed by atoms with E-state index >= 15 is 0 Å². The summed E-state index contributed by atoms with van der Waals surface area (Å²) in [5.41, 5.74) is 4.04. The van der Waals surface area contributed by atoms with E-state index in [4.69, 9.17) is 0 Å². The summed E-state index contributed by atoms with van der Waals surface area (Å²) in [6.45, 7) is 3.91. The van der Waals surface area contributed by atoms with Gasteiger partial charge in [-0.25, -0.2) is 4.79 Å². The van der Waals surface area contributed by atoms with E-state index in [1.807, 2.05) is 18.4 Å². The van der Waals surface area contributed by atoms with Crippen LogP contribution in [0.15, 0.2) is 64.8 Å². The summed E-state index contributed by atoms with van der Waals surface area (Å²) in [5, 5.41) is 8.41. The van der Waals surface area contributed by atoms with Gasteiger partial charge in [0.05, 0.1) is 23.1 Å². The van der Waals surface area contributed by atoms with Crippen LogP contribution in [0.1, 0.15) is 29.0 Å². The second-order valence-corrected chi connectivity index (χ2v) is 8.06. The third-order valence-electron chi connectivity index (χ3n) is 4.83. The smallest absolute Gasteiger partial charge is 0.323 e. The molecule has 2 heterocycles. The largest absolute Gasteiger partial charge is 0.325 e. The van der Waals surface area contributed by atoms with Gasteiger partial charge in [-0.05, 0) is 49.1 Å². The number of carbonyl (C=O) groups is 1. The highest BCUT2D eigenvalue weighted by Gasteiger charge is 2.21. The second kappa shape index (κ2) is 8.06. The van der Waals surface area contributed by atoms with Crippen molar-refractivity contribution in [2.75, 3.05) is 5.32 Å². The van der Waals surface area contributed by atoms with Crippen LogP contribution >= 0.6 is 11.3 Å². The number of aromatic nitrogens is 2. The lowest BCUT2D eigenvalue weighted by atomic mass is 10.0. The van der Waals surface area contributed by atoms with Crippen LogP contribution in [0, 0.1) is 6.92 Å². The number of fused-ring (bicyclic) bond motifs is 1. The summed E-state index contributed by atoms with van der Waals surface area (Å²) in [4.78, 5) is 30.8. The molecule has 6 nitrogen and oxygen atoms in total. The van der Waals surface area contributed by atoms with Crippen molar-refractivity contribution in [1.82, 2.24) is 15.3 Å². The molecule has 2 aromatic heterocycles. The van der Waals surface area contributed by atoms with Crippen molar-refractivity contribution in [2.24, 2.45) is 0 Å². The molecule has 0 aliphatic rings. The number of hydrogen-bond acceptors (Lipinski definition) is 4. The molecule has 0 aliphatic heterocycles. The number of amides is 1. The highest BCUT2D eigenvalue weighted by atomic mass is 32.1. The maximum absolute atomic E-state index is 12.8. The van der Waals surface area contributed by atoms with Gasteiger partial charge in [-0.1, -0.05) is 35.9 Å². The van der Waals surface area contributed by atoms with E-state index in [1.54, 1.807) is 29.5 Å². The lowest BCUT2D eigenvalue weighted by Crippen LogP contribution is -2.40. The molecule has 4 N–H and O–H groups in total. The summed E-state index contributed by atoms with van der Waals surface area (Å²) in [6.07, 6.45) is 0. The SMILES string of the molecule is Cc1ccc([C@@H](N[C@H](C)C(=O)Nc2ccc3[nH]c(=O)[nH]c3c2)c2cccs2)cc1. The molecule has 1 amide bonds. The van der Waals surface area contributed by atoms with E-state index in [2.05, 4.69) is 57.9 Å². The molecule has 4 rings (SSSR count). The fourth-order valence-electron chi connectivity index (χ4n) is 3.24. The first kappa shape index (κ1) is 19.2. The first-order valence-electron chi connectivity index (χ1n) is 9.38. The molecule has 0 aliphatic carbocycles. The van der Waals surface area contributed by atoms with Crippen molar-refractivity contribution in [2.45, 2.75) is 25.9 Å². The Kier molecular flexibility index (Phi) is 5.33. The molecule has 29 heavy (non-hydrogen) atoms. The van der Waals surface area contributed by atoms with Crippen LogP contribution in [0.4, 0.5) is 5.69 Å². The normalized spacial score (nSPS) is 13.3. The summed E-state index contributed by atoms with van der Waals surface area (Å²) in [5.74, 6) is -0.143. The molecular formula is C22H22N4O2S. The van der Waals surface area contributed by atoms with Crippen LogP contribution in [0.3, 0.4) is 0 Å². The number of imidazole rings is 1. The van der Waals surface area contributed by atoms with E-state index in [0.717, 1.165) is 10.4 Å². The maximum Gasteiger partial charge on any atom is 0.323 e. The second-order valence-electron chi connectivity index (χ2n) is 7.08. The summed E-state index contributed by atoms with van der Waals surface area (Å²) >= 11 is 1.66. The molecule has 0 spiro atoms. The molecule has 0 saturated heterocycles. The first-order chi connectivity index (χ1) is 14.0. The molecule has 0 saturated carbocycles. The van der Waals surface area contributed by atoms with Crippen LogP contribution in [-0.4, -0.2) is 21.9 Å². The van der Waals surface area contributed by atoms with Crippen molar-refractivity contribution in [1.29, 1.82) is 0 Å². The number of rotatable bonds is 6. The highest BCUT2D eigenvalue weighted by molar-refractivity contribution is 7.10. The number of benzene rings is 2. The first-order valence-corrected chi connectivity index (χ1v) is 10.3. The van der Waals surface area contributed by atoms with Crippen molar-refractivity contribution >= 4 is 34.0 Å². The van der Waals surface area contributed by atoms with Gasteiger partial charge in [0.15, 0.2) is 0 Å². The number of carbonyl (C=O) groups excluding carboxylic acids is 1. The molecule has 4 aromatic rings. The number of thiophene rings is 1. The van der Waals surface area contributed by atoms with Crippen LogP contribution in [0.2, 0.25) is 0 Å². The quantitative estimate of drug-likeness (QED) is 0.391. The van der Waals surface area contributed by atoms with E-state index in [0.29, 0.717) is 16.7 Å². The third kappa shape index (κ3) is 4.31. The summed E-state index contributed by atoms with van der Waals surface area (Å²) in [7, 11) is 0. The minimum absolute atomic E-state index is 0.0696. The molecule has 0 bridgehead atoms. The predicted molar refractivity (Wildman–Crippen MR) is 117 cm³/mol. The maximum atomic E-state index is 12.8. The van der Waals surface area contributed by atoms with Crippen LogP contribution < -0.4 is 16.3 Å². The van der Waals surface area contributed by atoms with Crippen molar-refractivity contribution in [3.63, 3.8) is 0 Å². The standard InChI is InChI=1S/C22H22N4O2S/c1-13-5-7-15(8-6-13)20(19-4-3-11-29-19)23-14(2)21(27)24-16-9-10-17-18(12-16)26-22(28)25-17/h3-12,14,20,23H,1-2H3,(H,24,27)(H2,25,26,28)/t14-,20-/m1/s1. The predicted octanol–water partition coefficient (Wildman–Crippen LogP) is 3.93. The van der Waals surface area contributed by atoms with Gasteiger partial charge in [0.25, 0.3) is 0 Å². The zero-order chi connectivity index (χ0) is 20.4. The molecule has 0 radical (unpaired) electrons. The average molecular weight is 407 g/mol. The van der Waals surface area contributed by atoms with Gasteiger partial charge in [-0.3, -0.25) is 10.1 Å². The Morgan fingerprint density at radius 3 is 2.52 bits per heavy atom. The van der Waals surface area contributed by atoms with E-state index in [-0.39, 0.29) is 17.6 Å². The number of H-pyrrole nitrogens is 2. The van der Waals surface area contributed by atoms with E-state index in [9.17, 15) is 9.59 Å². The van der Waals surface area contributed by atoms with E-state index in [1.165, 1.54) is 5.56 Å². The Morgan fingerprint density at radius 2 is 1.79 bits per heavy atom. The van der Waals surface area contributed by atoms with Gasteiger partial charge in [0, 0.05) is 10.6 Å². The van der Waals surface area contributed by atoms with Crippen LogP contribution in [0.25, 0.3) is 11.0 Å². The highest BCUT2D eigenvalue weighted by Crippen LogP contribution is 2.27. The van der Waals surface area contributed by atoms with Gasteiger partial charge >= 0.3 is 5.69 Å². The number of aromatic amines is 2. The molecular weight excluding hydrogens is 384 g/mol. The number of nitrogens with one attached hydrogen (secondary N) is 4. The van der Waals surface area contributed by atoms with Crippen molar-refractivity contribution in [3.8, 4) is 0 Å². The topological polar surface area (TPSA) is 89.8 Å². The van der Waals surface area contributed by atoms with Gasteiger partial charge in [0.2, 0.25) is 5.91 Å². The Labute approximate surface area is 172 Å². The monoisotopic (exact) mass is 406 g/mol. The summed E-state index contributed by atoms with van der Waals surface area (Å²) < 4.78 is 0. The Morgan fingerprint density at radius 1 is 1.03 bits per heavy atom. The van der Waals surface area contributed by atoms with Crippen LogP contribution in [0.5, 0.6) is 0 Å². The Bertz CT molecular complexity index is 1180. The molecule has 2 atom stereocenters. The third-order valence-corrected chi connectivity index (χ3v) is 5.77. The zero-order valence-corrected chi connectivity index (χ0v) is 17.0. The average Bonchev–Trinajstić information content (AvgIpc) is 3.35. The molecule has 2 aromatic carbocycles. The number of aryl methyl sites for hydroxylation is 1. The molecule has 0 fully saturated rings. The fourth-order valence-corrected chi connectivity index (χ4v) is 4.06. The molecule has 0 unspecified atom stereocenters. The van der Waals surface area contributed by atoms with E-state index < -0.39 is 6.04 Å². The Hall–Kier alpha value is -3.16. The van der Waals surface area contributed by atoms with Gasteiger partial charge in [0.1, 0.15) is 0 Å². The Balaban J connectivity index is 1.51. The number of hydrogen-bond donors (Lipinski definition) is 4. The fraction of sp³-hybridized carbons (Fsp3) is 0.182. The minimum atomic E-state index is -0.427. The molecule has 7 heteroatoms. The van der Waals surface area contributed by atoms with Crippen LogP contribution in [-0.2, 0) is 4.79 Å². The molecule has 148 valence electrons. The lowest BCUT2D eigenvalue weighted by molar-refractivity contribution is -0.117. The van der Waals surface area contributed by atoms with Crippen molar-refractivity contribution < 1.29 is 4.79 Å². The van der Waals surface area contributed by atoms with Gasteiger partial charge < -0.3 is 15.3 Å². The number of anilines is 1. The van der Waals surface area contributed by atoms with Gasteiger partial charge in [-0.15, -0.1) is 11.3 Å². The van der Waals surface area contributed by atoms with Gasteiger partial charge in [-0.2, -0.15) is 0 Å². The minimum Gasteiger partial charge on any atom is -0.325 e.